The van der Waals surface area contributed by atoms with E-state index in [9.17, 15) is 14.4 Å². The normalized spacial score (nSPS) is 12.4. The number of unbranched alkanes of at least 4 members (excludes halogenated alkanes) is 24. The molecule has 6 nitrogen and oxygen atoms in total. The molecule has 0 aromatic rings. The Morgan fingerprint density at radius 3 is 1.11 bits per heavy atom. The van der Waals surface area contributed by atoms with E-state index in [1.807, 2.05) is 0 Å². The van der Waals surface area contributed by atoms with E-state index >= 15 is 0 Å². The molecule has 0 spiro atoms. The first-order valence-electron chi connectivity index (χ1n) is 24.1. The first-order chi connectivity index (χ1) is 28.0. The van der Waals surface area contributed by atoms with Crippen LogP contribution >= 0.6 is 0 Å². The lowest BCUT2D eigenvalue weighted by Crippen LogP contribution is -2.30. The molecule has 0 fully saturated rings. The van der Waals surface area contributed by atoms with Crippen molar-refractivity contribution >= 4 is 17.9 Å². The predicted octanol–water partition coefficient (Wildman–Crippen LogP) is 15.5. The van der Waals surface area contributed by atoms with E-state index in [-0.39, 0.29) is 31.1 Å². The standard InChI is InChI=1S/C51H90O6/c1-4-7-10-13-16-19-22-24-26-28-29-32-35-38-41-44-50(53)56-47-48(46-55-49(52)43-40-37-34-31-21-18-15-12-9-6-3)57-51(54)45-42-39-36-33-30-27-25-23-20-17-14-11-8-5-2/h12,14-15,17,23-26,48H,4-11,13,16,18-22,27-47H2,1-3H3/b15-12-,17-14-,25-23-,26-24-. The number of esters is 3. The SMILES string of the molecule is CCC/C=C\CCCCCCCC(=O)OCC(COC(=O)CCCCCCC/C=C\CCCCCCCC)OC(=O)CCCCCCC/C=C\C/C=C\CCCC. The van der Waals surface area contributed by atoms with Gasteiger partial charge < -0.3 is 14.2 Å². The van der Waals surface area contributed by atoms with E-state index in [4.69, 9.17) is 14.2 Å². The van der Waals surface area contributed by atoms with E-state index in [0.29, 0.717) is 19.3 Å². The number of carbonyl (C=O) groups excluding carboxylic acids is 3. The summed E-state index contributed by atoms with van der Waals surface area (Å²) in [6, 6.07) is 0. The van der Waals surface area contributed by atoms with Gasteiger partial charge in [0.2, 0.25) is 0 Å². The molecule has 330 valence electrons. The van der Waals surface area contributed by atoms with Crippen LogP contribution in [0.1, 0.15) is 239 Å². The molecule has 0 aromatic carbocycles. The van der Waals surface area contributed by atoms with Crippen LogP contribution in [0.2, 0.25) is 0 Å². The lowest BCUT2D eigenvalue weighted by molar-refractivity contribution is -0.167. The fourth-order valence-electron chi connectivity index (χ4n) is 6.57. The maximum Gasteiger partial charge on any atom is 0.306 e. The minimum Gasteiger partial charge on any atom is -0.462 e. The number of allylic oxidation sites excluding steroid dienone is 8. The van der Waals surface area contributed by atoms with Crippen molar-refractivity contribution in [2.24, 2.45) is 0 Å². The molecule has 0 saturated carbocycles. The molecule has 0 bridgehead atoms. The summed E-state index contributed by atoms with van der Waals surface area (Å²) < 4.78 is 16.7. The van der Waals surface area contributed by atoms with Gasteiger partial charge in [0.15, 0.2) is 6.10 Å². The highest BCUT2D eigenvalue weighted by atomic mass is 16.6. The van der Waals surface area contributed by atoms with Crippen molar-refractivity contribution in [1.82, 2.24) is 0 Å². The second kappa shape index (κ2) is 46.1. The van der Waals surface area contributed by atoms with Gasteiger partial charge in [-0.3, -0.25) is 14.4 Å². The molecule has 0 aliphatic rings. The lowest BCUT2D eigenvalue weighted by atomic mass is 10.1. The second-order valence-electron chi connectivity index (χ2n) is 16.0. The second-order valence-corrected chi connectivity index (χ2v) is 16.0. The molecule has 1 unspecified atom stereocenters. The Morgan fingerprint density at radius 2 is 0.684 bits per heavy atom. The quantitative estimate of drug-likeness (QED) is 0.0265. The third-order valence-corrected chi connectivity index (χ3v) is 10.3. The largest absolute Gasteiger partial charge is 0.462 e. The zero-order valence-corrected chi connectivity index (χ0v) is 37.6. The number of hydrogen-bond donors (Lipinski definition) is 0. The average molecular weight is 799 g/mol. The van der Waals surface area contributed by atoms with Gasteiger partial charge in [0.25, 0.3) is 0 Å². The van der Waals surface area contributed by atoms with Crippen molar-refractivity contribution in [2.45, 2.75) is 245 Å². The van der Waals surface area contributed by atoms with Crippen molar-refractivity contribution < 1.29 is 28.6 Å². The summed E-state index contributed by atoms with van der Waals surface area (Å²) in [5.41, 5.74) is 0. The Bertz CT molecular complexity index is 1010. The van der Waals surface area contributed by atoms with Crippen LogP contribution in [0.25, 0.3) is 0 Å². The third-order valence-electron chi connectivity index (χ3n) is 10.3. The highest BCUT2D eigenvalue weighted by molar-refractivity contribution is 5.71. The topological polar surface area (TPSA) is 78.9 Å². The molecule has 0 heterocycles. The summed E-state index contributed by atoms with van der Waals surface area (Å²) >= 11 is 0. The van der Waals surface area contributed by atoms with Crippen molar-refractivity contribution in [3.05, 3.63) is 48.6 Å². The number of hydrogen-bond acceptors (Lipinski definition) is 6. The number of carbonyl (C=O) groups is 3. The van der Waals surface area contributed by atoms with Gasteiger partial charge in [-0.1, -0.05) is 179 Å². The van der Waals surface area contributed by atoms with Crippen LogP contribution in [0, 0.1) is 0 Å². The van der Waals surface area contributed by atoms with Crippen LogP contribution in [0.3, 0.4) is 0 Å². The minimum atomic E-state index is -0.784. The summed E-state index contributed by atoms with van der Waals surface area (Å²) in [5.74, 6) is -0.917. The predicted molar refractivity (Wildman–Crippen MR) is 242 cm³/mol. The number of rotatable bonds is 43. The minimum absolute atomic E-state index is 0.0856. The van der Waals surface area contributed by atoms with Gasteiger partial charge in [-0.2, -0.15) is 0 Å². The summed E-state index contributed by atoms with van der Waals surface area (Å²) in [4.78, 5) is 37.8. The van der Waals surface area contributed by atoms with Gasteiger partial charge in [0.05, 0.1) is 0 Å². The van der Waals surface area contributed by atoms with Crippen molar-refractivity contribution in [3.63, 3.8) is 0 Å². The van der Waals surface area contributed by atoms with Gasteiger partial charge in [0.1, 0.15) is 13.2 Å². The average Bonchev–Trinajstić information content (AvgIpc) is 3.21. The highest BCUT2D eigenvalue weighted by Gasteiger charge is 2.19. The molecule has 1 atom stereocenters. The fourth-order valence-corrected chi connectivity index (χ4v) is 6.57. The molecule has 0 aliphatic carbocycles. The van der Waals surface area contributed by atoms with Crippen LogP contribution < -0.4 is 0 Å². The first-order valence-corrected chi connectivity index (χ1v) is 24.1. The van der Waals surface area contributed by atoms with Gasteiger partial charge >= 0.3 is 17.9 Å². The van der Waals surface area contributed by atoms with Crippen molar-refractivity contribution in [2.75, 3.05) is 13.2 Å². The molecule has 0 N–H and O–H groups in total. The summed E-state index contributed by atoms with van der Waals surface area (Å²) in [5, 5.41) is 0. The highest BCUT2D eigenvalue weighted by Crippen LogP contribution is 2.13. The van der Waals surface area contributed by atoms with Gasteiger partial charge in [-0.05, 0) is 89.9 Å². The van der Waals surface area contributed by atoms with Crippen LogP contribution in [0.15, 0.2) is 48.6 Å². The summed E-state index contributed by atoms with van der Waals surface area (Å²) in [6.07, 6.45) is 53.8. The van der Waals surface area contributed by atoms with Crippen LogP contribution in [-0.2, 0) is 28.6 Å². The van der Waals surface area contributed by atoms with Gasteiger partial charge in [0, 0.05) is 19.3 Å². The fraction of sp³-hybridized carbons (Fsp3) is 0.784. The Labute approximate surface area is 352 Å². The van der Waals surface area contributed by atoms with E-state index in [1.54, 1.807) is 0 Å². The summed E-state index contributed by atoms with van der Waals surface area (Å²) in [7, 11) is 0. The van der Waals surface area contributed by atoms with E-state index < -0.39 is 6.10 Å². The van der Waals surface area contributed by atoms with Gasteiger partial charge in [-0.15, -0.1) is 0 Å². The molecule has 0 aromatic heterocycles. The van der Waals surface area contributed by atoms with E-state index in [0.717, 1.165) is 103 Å². The molecular formula is C51H90O6. The molecule has 0 rings (SSSR count). The Kier molecular flexibility index (Phi) is 43.9. The molecular weight excluding hydrogens is 709 g/mol. The van der Waals surface area contributed by atoms with E-state index in [2.05, 4.69) is 69.4 Å². The Hall–Kier alpha value is -2.63. The summed E-state index contributed by atoms with van der Waals surface area (Å²) in [6.45, 7) is 6.50. The smallest absolute Gasteiger partial charge is 0.306 e. The van der Waals surface area contributed by atoms with Crippen molar-refractivity contribution in [3.8, 4) is 0 Å². The lowest BCUT2D eigenvalue weighted by Gasteiger charge is -2.18. The third kappa shape index (κ3) is 44.3. The monoisotopic (exact) mass is 799 g/mol. The first kappa shape index (κ1) is 54.4. The molecule has 6 heteroatoms. The molecule has 0 amide bonds. The number of ether oxygens (including phenoxy) is 3. The maximum atomic E-state index is 12.7. The zero-order valence-electron chi connectivity index (χ0n) is 37.6. The molecule has 57 heavy (non-hydrogen) atoms. The Balaban J connectivity index is 4.39. The zero-order chi connectivity index (χ0) is 41.5. The van der Waals surface area contributed by atoms with Gasteiger partial charge in [-0.25, -0.2) is 0 Å². The Morgan fingerprint density at radius 1 is 0.351 bits per heavy atom. The van der Waals surface area contributed by atoms with Crippen molar-refractivity contribution in [1.29, 1.82) is 0 Å². The molecule has 0 radical (unpaired) electrons. The molecule has 0 saturated heterocycles. The van der Waals surface area contributed by atoms with Crippen LogP contribution in [0.4, 0.5) is 0 Å². The van der Waals surface area contributed by atoms with Crippen LogP contribution in [-0.4, -0.2) is 37.2 Å². The maximum absolute atomic E-state index is 12.7. The van der Waals surface area contributed by atoms with Crippen LogP contribution in [0.5, 0.6) is 0 Å². The van der Waals surface area contributed by atoms with E-state index in [1.165, 1.54) is 96.3 Å². The molecule has 0 aliphatic heterocycles.